The fraction of sp³-hybridized carbons (Fsp3) is 0.750. The third kappa shape index (κ3) is 2.83. The van der Waals surface area contributed by atoms with Gasteiger partial charge in [0.2, 0.25) is 0 Å². The maximum Gasteiger partial charge on any atom is 0.129 e. The van der Waals surface area contributed by atoms with Crippen molar-refractivity contribution in [2.75, 3.05) is 0 Å². The number of rotatable bonds is 4. The molecular weight excluding hydrogens is 271 g/mol. The second-order valence-electron chi connectivity index (χ2n) is 4.96. The SMILES string of the molecule is CC(C)[Si](C(Br)=C=CF)(C(C)C)C(C)C. The van der Waals surface area contributed by atoms with Crippen LogP contribution in [0.3, 0.4) is 0 Å². The lowest BCUT2D eigenvalue weighted by molar-refractivity contribution is 0.723. The van der Waals surface area contributed by atoms with E-state index in [4.69, 9.17) is 0 Å². The molecule has 0 N–H and O–H groups in total. The minimum atomic E-state index is -1.70. The van der Waals surface area contributed by atoms with E-state index in [-0.39, 0.29) is 0 Å². The lowest BCUT2D eigenvalue weighted by Gasteiger charge is -2.42. The van der Waals surface area contributed by atoms with Gasteiger partial charge in [0.15, 0.2) is 0 Å². The lowest BCUT2D eigenvalue weighted by Crippen LogP contribution is -2.45. The van der Waals surface area contributed by atoms with Gasteiger partial charge in [0.1, 0.15) is 14.4 Å². The lowest BCUT2D eigenvalue weighted by atomic mass is 10.5. The van der Waals surface area contributed by atoms with E-state index < -0.39 is 8.07 Å². The molecule has 0 saturated heterocycles. The normalized spacial score (nSPS) is 12.2. The second-order valence-corrected chi connectivity index (χ2v) is 12.3. The van der Waals surface area contributed by atoms with Crippen LogP contribution in [0.5, 0.6) is 0 Å². The summed E-state index contributed by atoms with van der Waals surface area (Å²) in [5.41, 5.74) is 4.48. The highest BCUT2D eigenvalue weighted by atomic mass is 79.9. The molecule has 0 aromatic carbocycles. The van der Waals surface area contributed by atoms with Crippen LogP contribution in [0.1, 0.15) is 41.5 Å². The standard InChI is InChI=1S/C12H22BrFSi/c1-9(2)15(10(3)4,11(5)6)12(13)7-8-14/h8-11H,1-6H3. The summed E-state index contributed by atoms with van der Waals surface area (Å²) in [5.74, 6) is 0. The predicted molar refractivity (Wildman–Crippen MR) is 72.7 cm³/mol. The van der Waals surface area contributed by atoms with Gasteiger partial charge in [-0.05, 0) is 16.6 Å². The first-order valence-electron chi connectivity index (χ1n) is 5.53. The van der Waals surface area contributed by atoms with E-state index >= 15 is 0 Å². The van der Waals surface area contributed by atoms with Gasteiger partial charge >= 0.3 is 0 Å². The van der Waals surface area contributed by atoms with Gasteiger partial charge in [0, 0.05) is 4.11 Å². The zero-order valence-electron chi connectivity index (χ0n) is 10.6. The van der Waals surface area contributed by atoms with E-state index in [0.29, 0.717) is 23.0 Å². The molecule has 0 aliphatic rings. The molecule has 0 saturated carbocycles. The quantitative estimate of drug-likeness (QED) is 0.470. The van der Waals surface area contributed by atoms with Gasteiger partial charge in [-0.3, -0.25) is 0 Å². The first-order valence-corrected chi connectivity index (χ1v) is 8.55. The summed E-state index contributed by atoms with van der Waals surface area (Å²) >= 11 is 3.56. The van der Waals surface area contributed by atoms with Crippen molar-refractivity contribution in [3.63, 3.8) is 0 Å². The van der Waals surface area contributed by atoms with Gasteiger partial charge < -0.3 is 0 Å². The van der Waals surface area contributed by atoms with Crippen molar-refractivity contribution in [2.24, 2.45) is 0 Å². The molecule has 0 spiro atoms. The first kappa shape index (κ1) is 15.1. The second kappa shape index (κ2) is 6.02. The summed E-state index contributed by atoms with van der Waals surface area (Å²) in [4.78, 5) is 0. The van der Waals surface area contributed by atoms with E-state index in [0.717, 1.165) is 4.11 Å². The van der Waals surface area contributed by atoms with Crippen molar-refractivity contribution in [3.8, 4) is 0 Å². The Morgan fingerprint density at radius 1 is 1.07 bits per heavy atom. The summed E-state index contributed by atoms with van der Waals surface area (Å²) in [6.45, 7) is 13.5. The summed E-state index contributed by atoms with van der Waals surface area (Å²) in [6, 6.07) is 0. The Hall–Kier alpha value is 0.147. The maximum absolute atomic E-state index is 12.3. The highest BCUT2D eigenvalue weighted by Crippen LogP contribution is 2.47. The third-order valence-corrected chi connectivity index (χ3v) is 12.4. The highest BCUT2D eigenvalue weighted by molar-refractivity contribution is 9.12. The fourth-order valence-corrected chi connectivity index (χ4v) is 13.0. The average molecular weight is 293 g/mol. The Kier molecular flexibility index (Phi) is 6.08. The third-order valence-electron chi connectivity index (χ3n) is 3.43. The molecule has 0 heterocycles. The Morgan fingerprint density at radius 3 is 1.60 bits per heavy atom. The van der Waals surface area contributed by atoms with E-state index in [1.807, 2.05) is 0 Å². The summed E-state index contributed by atoms with van der Waals surface area (Å²) < 4.78 is 13.3. The molecule has 0 atom stereocenters. The van der Waals surface area contributed by atoms with E-state index in [1.54, 1.807) is 0 Å². The first-order chi connectivity index (χ1) is 6.81. The molecule has 0 rings (SSSR count). The molecule has 3 heteroatoms. The van der Waals surface area contributed by atoms with Crippen molar-refractivity contribution < 1.29 is 4.39 Å². The van der Waals surface area contributed by atoms with Crippen LogP contribution < -0.4 is 0 Å². The molecule has 15 heavy (non-hydrogen) atoms. The molecule has 0 aromatic rings. The largest absolute Gasteiger partial charge is 0.206 e. The van der Waals surface area contributed by atoms with Crippen LogP contribution >= 0.6 is 15.9 Å². The molecule has 0 nitrogen and oxygen atoms in total. The Labute approximate surface area is 103 Å². The molecule has 0 aliphatic carbocycles. The smallest absolute Gasteiger partial charge is 0.129 e. The van der Waals surface area contributed by atoms with Gasteiger partial charge in [-0.25, -0.2) is 4.39 Å². The van der Waals surface area contributed by atoms with Crippen LogP contribution in [0.4, 0.5) is 4.39 Å². The molecule has 0 radical (unpaired) electrons. The van der Waals surface area contributed by atoms with Gasteiger partial charge in [0.25, 0.3) is 0 Å². The van der Waals surface area contributed by atoms with Crippen LogP contribution in [0.2, 0.25) is 16.6 Å². The molecule has 0 bridgehead atoms. The van der Waals surface area contributed by atoms with Gasteiger partial charge in [0.05, 0.1) is 0 Å². The number of halogens is 2. The molecular formula is C12H22BrFSi. The molecule has 0 aliphatic heterocycles. The summed E-state index contributed by atoms with van der Waals surface area (Å²) in [7, 11) is -1.70. The van der Waals surface area contributed by atoms with Crippen molar-refractivity contribution in [3.05, 3.63) is 16.2 Å². The minimum Gasteiger partial charge on any atom is -0.206 e. The van der Waals surface area contributed by atoms with Crippen LogP contribution in [-0.2, 0) is 0 Å². The Morgan fingerprint density at radius 2 is 1.40 bits per heavy atom. The van der Waals surface area contributed by atoms with Crippen LogP contribution in [0.25, 0.3) is 0 Å². The van der Waals surface area contributed by atoms with Crippen molar-refractivity contribution in [2.45, 2.75) is 58.2 Å². The Bertz CT molecular complexity index is 241. The van der Waals surface area contributed by atoms with Gasteiger partial charge in [-0.1, -0.05) is 63.2 Å². The van der Waals surface area contributed by atoms with Gasteiger partial charge in [-0.2, -0.15) is 0 Å². The topological polar surface area (TPSA) is 0 Å². The molecule has 0 unspecified atom stereocenters. The number of hydrogen-bond donors (Lipinski definition) is 0. The van der Waals surface area contributed by atoms with E-state index in [2.05, 4.69) is 63.2 Å². The fourth-order valence-electron chi connectivity index (χ4n) is 2.93. The molecule has 88 valence electrons. The van der Waals surface area contributed by atoms with Crippen LogP contribution in [0, 0.1) is 0 Å². The average Bonchev–Trinajstić information content (AvgIpc) is 2.02. The van der Waals surface area contributed by atoms with E-state index in [1.165, 1.54) is 0 Å². The zero-order chi connectivity index (χ0) is 12.2. The Balaban J connectivity index is 5.64. The van der Waals surface area contributed by atoms with Crippen LogP contribution in [0.15, 0.2) is 16.2 Å². The van der Waals surface area contributed by atoms with E-state index in [9.17, 15) is 4.39 Å². The highest BCUT2D eigenvalue weighted by Gasteiger charge is 2.45. The molecule has 0 amide bonds. The number of hydrogen-bond acceptors (Lipinski definition) is 0. The summed E-state index contributed by atoms with van der Waals surface area (Å²) in [5, 5.41) is 0. The van der Waals surface area contributed by atoms with Crippen molar-refractivity contribution in [1.29, 1.82) is 0 Å². The van der Waals surface area contributed by atoms with Crippen molar-refractivity contribution in [1.82, 2.24) is 0 Å². The van der Waals surface area contributed by atoms with Gasteiger partial charge in [-0.15, -0.1) is 0 Å². The predicted octanol–water partition coefficient (Wildman–Crippen LogP) is 5.57. The molecule has 0 aromatic heterocycles. The zero-order valence-corrected chi connectivity index (χ0v) is 13.2. The minimum absolute atomic E-state index is 0.527. The monoisotopic (exact) mass is 292 g/mol. The molecule has 0 fully saturated rings. The maximum atomic E-state index is 12.3. The summed E-state index contributed by atoms with van der Waals surface area (Å²) in [6.07, 6.45) is 0.527. The van der Waals surface area contributed by atoms with Crippen molar-refractivity contribution >= 4 is 24.0 Å². The van der Waals surface area contributed by atoms with Crippen LogP contribution in [-0.4, -0.2) is 8.07 Å².